The molecule has 7 heteroatoms. The summed E-state index contributed by atoms with van der Waals surface area (Å²) in [5.41, 5.74) is 1.51. The van der Waals surface area contributed by atoms with Gasteiger partial charge >= 0.3 is 6.09 Å². The van der Waals surface area contributed by atoms with E-state index in [9.17, 15) is 9.18 Å². The highest BCUT2D eigenvalue weighted by Crippen LogP contribution is 2.23. The molecule has 1 heterocycles. The number of benzene rings is 2. The molecule has 1 amide bonds. The standard InChI is InChI=1S/C18H18FN3O3/c19-16-12-15(6-7-17(16)22-9-11-24-10-8-20-22)21-18(23)25-13-14-4-2-1-3-5-14/h1-8,12H,9-11,13H2,(H,21,23). The van der Waals surface area contributed by atoms with Crippen LogP contribution in [0.5, 0.6) is 0 Å². The van der Waals surface area contributed by atoms with Crippen LogP contribution in [-0.2, 0) is 16.1 Å². The number of nitrogens with one attached hydrogen (secondary N) is 1. The molecule has 0 saturated carbocycles. The van der Waals surface area contributed by atoms with Crippen LogP contribution < -0.4 is 10.3 Å². The van der Waals surface area contributed by atoms with E-state index >= 15 is 0 Å². The molecule has 1 N–H and O–H groups in total. The Bertz CT molecular complexity index is 752. The number of halogens is 1. The van der Waals surface area contributed by atoms with Gasteiger partial charge in [-0.25, -0.2) is 9.18 Å². The molecule has 1 aliphatic heterocycles. The Morgan fingerprint density at radius 1 is 1.28 bits per heavy atom. The highest BCUT2D eigenvalue weighted by Gasteiger charge is 2.14. The number of hydrogen-bond acceptors (Lipinski definition) is 5. The zero-order chi connectivity index (χ0) is 17.5. The minimum atomic E-state index is -0.641. The van der Waals surface area contributed by atoms with E-state index in [1.165, 1.54) is 11.1 Å². The van der Waals surface area contributed by atoms with Gasteiger partial charge in [-0.15, -0.1) is 0 Å². The lowest BCUT2D eigenvalue weighted by molar-refractivity contribution is 0.155. The summed E-state index contributed by atoms with van der Waals surface area (Å²) in [7, 11) is 0. The molecule has 1 aliphatic rings. The van der Waals surface area contributed by atoms with E-state index in [1.807, 2.05) is 30.3 Å². The molecule has 0 saturated heterocycles. The van der Waals surface area contributed by atoms with E-state index in [1.54, 1.807) is 18.3 Å². The third-order valence-corrected chi connectivity index (χ3v) is 3.55. The van der Waals surface area contributed by atoms with Crippen molar-refractivity contribution in [2.75, 3.05) is 30.1 Å². The Balaban J connectivity index is 1.59. The van der Waals surface area contributed by atoms with Crippen LogP contribution in [0.15, 0.2) is 53.6 Å². The Kier molecular flexibility index (Phi) is 5.58. The lowest BCUT2D eigenvalue weighted by Gasteiger charge is -2.18. The molecule has 0 spiro atoms. The van der Waals surface area contributed by atoms with Crippen molar-refractivity contribution >= 4 is 23.7 Å². The third-order valence-electron chi connectivity index (χ3n) is 3.55. The molecule has 130 valence electrons. The number of hydrogen-bond donors (Lipinski definition) is 1. The van der Waals surface area contributed by atoms with Crippen molar-refractivity contribution in [1.82, 2.24) is 0 Å². The van der Waals surface area contributed by atoms with Gasteiger partial charge < -0.3 is 9.47 Å². The first-order valence-corrected chi connectivity index (χ1v) is 7.87. The Labute approximate surface area is 144 Å². The van der Waals surface area contributed by atoms with Gasteiger partial charge in [-0.2, -0.15) is 5.10 Å². The fraction of sp³-hybridized carbons (Fsp3) is 0.222. The number of ether oxygens (including phenoxy) is 2. The van der Waals surface area contributed by atoms with E-state index < -0.39 is 11.9 Å². The van der Waals surface area contributed by atoms with Gasteiger partial charge in [-0.1, -0.05) is 30.3 Å². The molecule has 3 rings (SSSR count). The van der Waals surface area contributed by atoms with Crippen LogP contribution >= 0.6 is 0 Å². The number of hydrazone groups is 1. The number of carbonyl (C=O) groups is 1. The second-order valence-corrected chi connectivity index (χ2v) is 5.35. The maximum atomic E-state index is 14.3. The molecule has 0 bridgehead atoms. The summed E-state index contributed by atoms with van der Waals surface area (Å²) in [5.74, 6) is -0.486. The largest absolute Gasteiger partial charge is 0.444 e. The molecule has 0 unspecified atom stereocenters. The van der Waals surface area contributed by atoms with E-state index in [0.717, 1.165) is 5.56 Å². The molecular weight excluding hydrogens is 325 g/mol. The molecular formula is C18H18FN3O3. The van der Waals surface area contributed by atoms with Crippen molar-refractivity contribution in [1.29, 1.82) is 0 Å². The van der Waals surface area contributed by atoms with Gasteiger partial charge in [-0.3, -0.25) is 10.3 Å². The van der Waals surface area contributed by atoms with Crippen molar-refractivity contribution in [3.8, 4) is 0 Å². The van der Waals surface area contributed by atoms with Gasteiger partial charge in [0.05, 0.1) is 31.7 Å². The van der Waals surface area contributed by atoms with Crippen LogP contribution in [0.25, 0.3) is 0 Å². The lowest BCUT2D eigenvalue weighted by atomic mass is 10.2. The van der Waals surface area contributed by atoms with Crippen LogP contribution in [-0.4, -0.2) is 32.1 Å². The molecule has 0 aliphatic carbocycles. The Morgan fingerprint density at radius 3 is 2.92 bits per heavy atom. The van der Waals surface area contributed by atoms with Gasteiger partial charge in [0, 0.05) is 5.69 Å². The average Bonchev–Trinajstić information content (AvgIpc) is 2.90. The topological polar surface area (TPSA) is 63.2 Å². The fourth-order valence-electron chi connectivity index (χ4n) is 2.33. The number of rotatable bonds is 4. The highest BCUT2D eigenvalue weighted by molar-refractivity contribution is 5.85. The average molecular weight is 343 g/mol. The van der Waals surface area contributed by atoms with Gasteiger partial charge in [-0.05, 0) is 23.8 Å². The fourth-order valence-corrected chi connectivity index (χ4v) is 2.33. The van der Waals surface area contributed by atoms with Crippen molar-refractivity contribution < 1.29 is 18.7 Å². The maximum absolute atomic E-state index is 14.3. The van der Waals surface area contributed by atoms with Crippen LogP contribution in [0.2, 0.25) is 0 Å². The summed E-state index contributed by atoms with van der Waals surface area (Å²) in [6.45, 7) is 1.48. The zero-order valence-electron chi connectivity index (χ0n) is 13.5. The monoisotopic (exact) mass is 343 g/mol. The first-order chi connectivity index (χ1) is 12.2. The van der Waals surface area contributed by atoms with E-state index in [-0.39, 0.29) is 6.61 Å². The summed E-state index contributed by atoms with van der Waals surface area (Å²) in [6, 6.07) is 13.7. The van der Waals surface area contributed by atoms with Crippen LogP contribution in [0, 0.1) is 5.82 Å². The van der Waals surface area contributed by atoms with Gasteiger partial charge in [0.25, 0.3) is 0 Å². The van der Waals surface area contributed by atoms with Crippen molar-refractivity contribution in [3.05, 3.63) is 59.9 Å². The van der Waals surface area contributed by atoms with Crippen molar-refractivity contribution in [2.24, 2.45) is 5.10 Å². The summed E-state index contributed by atoms with van der Waals surface area (Å²) >= 11 is 0. The number of carbonyl (C=O) groups excluding carboxylic acids is 1. The highest BCUT2D eigenvalue weighted by atomic mass is 19.1. The SMILES string of the molecule is O=C(Nc1ccc(N2CCOCC=N2)c(F)c1)OCc1ccccc1. The molecule has 25 heavy (non-hydrogen) atoms. The predicted octanol–water partition coefficient (Wildman–Crippen LogP) is 3.40. The molecule has 2 aromatic rings. The predicted molar refractivity (Wildman–Crippen MR) is 93.3 cm³/mol. The van der Waals surface area contributed by atoms with Gasteiger partial charge in [0.15, 0.2) is 0 Å². The third kappa shape index (κ3) is 4.77. The second-order valence-electron chi connectivity index (χ2n) is 5.35. The Hall–Kier alpha value is -2.93. The van der Waals surface area contributed by atoms with Gasteiger partial charge in [0.2, 0.25) is 0 Å². The zero-order valence-corrected chi connectivity index (χ0v) is 13.5. The normalized spacial score (nSPS) is 14.0. The van der Waals surface area contributed by atoms with Gasteiger partial charge in [0.1, 0.15) is 12.4 Å². The Morgan fingerprint density at radius 2 is 2.12 bits per heavy atom. The van der Waals surface area contributed by atoms with Crippen molar-refractivity contribution in [3.63, 3.8) is 0 Å². The number of anilines is 2. The van der Waals surface area contributed by atoms with Crippen LogP contribution in [0.3, 0.4) is 0 Å². The first-order valence-electron chi connectivity index (χ1n) is 7.87. The van der Waals surface area contributed by atoms with Crippen molar-refractivity contribution in [2.45, 2.75) is 6.61 Å². The summed E-state index contributed by atoms with van der Waals surface area (Å²) in [6.07, 6.45) is 0.941. The van der Waals surface area contributed by atoms with E-state index in [2.05, 4.69) is 10.4 Å². The quantitative estimate of drug-likeness (QED) is 0.924. The minimum absolute atomic E-state index is 0.149. The second kappa shape index (κ2) is 8.25. The number of amides is 1. The van der Waals surface area contributed by atoms with Crippen LogP contribution in [0.1, 0.15) is 5.56 Å². The van der Waals surface area contributed by atoms with Crippen LogP contribution in [0.4, 0.5) is 20.6 Å². The lowest BCUT2D eigenvalue weighted by Crippen LogP contribution is -2.21. The number of nitrogens with zero attached hydrogens (tertiary/aromatic N) is 2. The summed E-state index contributed by atoms with van der Waals surface area (Å²) in [5, 5.41) is 8.18. The molecule has 2 aromatic carbocycles. The smallest absolute Gasteiger partial charge is 0.411 e. The van der Waals surface area contributed by atoms with E-state index in [4.69, 9.17) is 9.47 Å². The molecule has 0 radical (unpaired) electrons. The molecule has 6 nitrogen and oxygen atoms in total. The minimum Gasteiger partial charge on any atom is -0.444 e. The maximum Gasteiger partial charge on any atom is 0.411 e. The molecule has 0 atom stereocenters. The summed E-state index contributed by atoms with van der Waals surface area (Å²) in [4.78, 5) is 11.8. The van der Waals surface area contributed by atoms with E-state index in [0.29, 0.717) is 31.1 Å². The first kappa shape index (κ1) is 16.9. The molecule has 0 aromatic heterocycles. The summed E-state index contributed by atoms with van der Waals surface area (Å²) < 4.78 is 24.7. The molecule has 0 fully saturated rings.